The summed E-state index contributed by atoms with van der Waals surface area (Å²) in [6.07, 6.45) is -0.0976. The van der Waals surface area contributed by atoms with Crippen molar-refractivity contribution in [2.45, 2.75) is 32.0 Å². The van der Waals surface area contributed by atoms with Crippen molar-refractivity contribution in [3.8, 4) is 17.0 Å². The topological polar surface area (TPSA) is 137 Å². The second-order valence-electron chi connectivity index (χ2n) is 8.67. The third-order valence-corrected chi connectivity index (χ3v) is 6.86. The highest BCUT2D eigenvalue weighted by Crippen LogP contribution is 2.35. The maximum Gasteiger partial charge on any atom is 0.325 e. The van der Waals surface area contributed by atoms with Gasteiger partial charge in [-0.05, 0) is 72.3 Å². The Balaban J connectivity index is 1.62. The van der Waals surface area contributed by atoms with Crippen LogP contribution >= 0.6 is 22.6 Å². The van der Waals surface area contributed by atoms with Crippen LogP contribution in [0.25, 0.3) is 11.3 Å². The van der Waals surface area contributed by atoms with Crippen LogP contribution in [0, 0.1) is 16.3 Å². The molecule has 12 heteroatoms. The SMILES string of the molecule is CO[C@H](C)[C@@H](c1nc(-c2ccc(I)cc2F)c(C)[nH]1)N1C(=O)N[C@H](c2ccc(OC/C(O)=C/O)cc2)C1=O. The lowest BCUT2D eigenvalue weighted by Crippen LogP contribution is -2.41. The molecule has 0 unspecified atom stereocenters. The number of H-pyrrole nitrogens is 1. The number of hydrogen-bond acceptors (Lipinski definition) is 7. The van der Waals surface area contributed by atoms with Gasteiger partial charge in [0.25, 0.3) is 5.91 Å². The summed E-state index contributed by atoms with van der Waals surface area (Å²) in [5, 5.41) is 20.8. The molecular formula is C26H26FIN4O6. The van der Waals surface area contributed by atoms with Crippen molar-refractivity contribution in [3.05, 3.63) is 81.0 Å². The van der Waals surface area contributed by atoms with Crippen LogP contribution in [-0.4, -0.2) is 56.8 Å². The molecule has 0 radical (unpaired) electrons. The third-order valence-electron chi connectivity index (χ3n) is 6.18. The molecule has 0 spiro atoms. The van der Waals surface area contributed by atoms with E-state index in [1.165, 1.54) is 13.2 Å². The number of halogens is 2. The molecule has 1 fully saturated rings. The number of methoxy groups -OCH3 is 1. The van der Waals surface area contributed by atoms with E-state index in [4.69, 9.17) is 14.6 Å². The van der Waals surface area contributed by atoms with Gasteiger partial charge < -0.3 is 30.0 Å². The number of urea groups is 1. The number of carbonyl (C=O) groups excluding carboxylic acids is 2. The average Bonchev–Trinajstić information content (AvgIpc) is 3.42. The van der Waals surface area contributed by atoms with Gasteiger partial charge >= 0.3 is 6.03 Å². The van der Waals surface area contributed by atoms with Crippen LogP contribution in [0.3, 0.4) is 0 Å². The Bertz CT molecular complexity index is 1380. The summed E-state index contributed by atoms with van der Waals surface area (Å²) in [5.41, 5.74) is 1.77. The highest BCUT2D eigenvalue weighted by atomic mass is 127. The Morgan fingerprint density at radius 2 is 1.97 bits per heavy atom. The lowest BCUT2D eigenvalue weighted by atomic mass is 10.1. The zero-order chi connectivity index (χ0) is 27.6. The number of imide groups is 1. The van der Waals surface area contributed by atoms with Gasteiger partial charge in [-0.15, -0.1) is 0 Å². The highest BCUT2D eigenvalue weighted by Gasteiger charge is 2.46. The van der Waals surface area contributed by atoms with Crippen LogP contribution in [0.2, 0.25) is 0 Å². The van der Waals surface area contributed by atoms with E-state index in [1.807, 2.05) is 22.6 Å². The van der Waals surface area contributed by atoms with Crippen molar-refractivity contribution in [3.63, 3.8) is 0 Å². The van der Waals surface area contributed by atoms with E-state index in [2.05, 4.69) is 15.3 Å². The first-order chi connectivity index (χ1) is 18.1. The van der Waals surface area contributed by atoms with Gasteiger partial charge in [0.1, 0.15) is 42.3 Å². The summed E-state index contributed by atoms with van der Waals surface area (Å²) >= 11 is 2.02. The van der Waals surface area contributed by atoms with E-state index >= 15 is 0 Å². The first kappa shape index (κ1) is 27.4. The minimum atomic E-state index is -0.960. The molecule has 38 heavy (non-hydrogen) atoms. The normalized spacial score (nSPS) is 17.4. The Hall–Kier alpha value is -3.65. The fraction of sp³-hybridized carbons (Fsp3) is 0.269. The van der Waals surface area contributed by atoms with Gasteiger partial charge in [-0.2, -0.15) is 0 Å². The number of rotatable bonds is 9. The molecule has 0 aliphatic carbocycles. The smallest absolute Gasteiger partial charge is 0.325 e. The van der Waals surface area contributed by atoms with Gasteiger partial charge in [-0.25, -0.2) is 19.1 Å². The zero-order valence-electron chi connectivity index (χ0n) is 20.7. The van der Waals surface area contributed by atoms with Crippen LogP contribution in [0.15, 0.2) is 54.5 Å². The zero-order valence-corrected chi connectivity index (χ0v) is 22.9. The van der Waals surface area contributed by atoms with Gasteiger partial charge in [0.05, 0.1) is 11.8 Å². The van der Waals surface area contributed by atoms with E-state index in [-0.39, 0.29) is 18.2 Å². The molecule has 3 aromatic rings. The number of nitrogens with one attached hydrogen (secondary N) is 2. The third kappa shape index (κ3) is 5.45. The lowest BCUT2D eigenvalue weighted by molar-refractivity contribution is -0.131. The van der Waals surface area contributed by atoms with E-state index in [9.17, 15) is 19.1 Å². The first-order valence-corrected chi connectivity index (χ1v) is 12.7. The number of aliphatic hydroxyl groups is 2. The van der Waals surface area contributed by atoms with Crippen LogP contribution in [0.4, 0.5) is 9.18 Å². The van der Waals surface area contributed by atoms with Gasteiger partial charge in [0.15, 0.2) is 5.76 Å². The minimum absolute atomic E-state index is 0.226. The average molecular weight is 636 g/mol. The van der Waals surface area contributed by atoms with Crippen molar-refractivity contribution in [1.82, 2.24) is 20.2 Å². The number of imidazole rings is 1. The van der Waals surface area contributed by atoms with Gasteiger partial charge in [0, 0.05) is 21.9 Å². The summed E-state index contributed by atoms with van der Waals surface area (Å²) in [7, 11) is 1.46. The molecule has 1 aromatic heterocycles. The van der Waals surface area contributed by atoms with Crippen molar-refractivity contribution in [1.29, 1.82) is 0 Å². The molecule has 3 atom stereocenters. The molecule has 10 nitrogen and oxygen atoms in total. The Morgan fingerprint density at radius 3 is 2.61 bits per heavy atom. The largest absolute Gasteiger partial charge is 0.512 e. The molecule has 4 N–H and O–H groups in total. The molecular weight excluding hydrogens is 610 g/mol. The summed E-state index contributed by atoms with van der Waals surface area (Å²) in [5.74, 6) is -0.603. The number of nitrogens with zero attached hydrogens (tertiary/aromatic N) is 2. The minimum Gasteiger partial charge on any atom is -0.512 e. The second-order valence-corrected chi connectivity index (χ2v) is 9.92. The number of ether oxygens (including phenoxy) is 2. The molecule has 0 bridgehead atoms. The maximum absolute atomic E-state index is 14.7. The van der Waals surface area contributed by atoms with Gasteiger partial charge in [-0.3, -0.25) is 4.79 Å². The monoisotopic (exact) mass is 636 g/mol. The molecule has 4 rings (SSSR count). The first-order valence-electron chi connectivity index (χ1n) is 11.6. The summed E-state index contributed by atoms with van der Waals surface area (Å²) in [4.78, 5) is 35.4. The fourth-order valence-electron chi connectivity index (χ4n) is 4.19. The number of hydrogen-bond donors (Lipinski definition) is 4. The molecule has 2 aromatic carbocycles. The predicted octanol–water partition coefficient (Wildman–Crippen LogP) is 4.83. The number of amides is 3. The Morgan fingerprint density at radius 1 is 1.26 bits per heavy atom. The van der Waals surface area contributed by atoms with Crippen LogP contribution in [0.5, 0.6) is 5.75 Å². The molecule has 1 aliphatic rings. The van der Waals surface area contributed by atoms with Crippen LogP contribution < -0.4 is 10.1 Å². The molecule has 3 amide bonds. The van der Waals surface area contributed by atoms with Crippen molar-refractivity contribution in [2.75, 3.05) is 13.7 Å². The summed E-state index contributed by atoms with van der Waals surface area (Å²) in [6, 6.07) is 8.71. The van der Waals surface area contributed by atoms with Crippen LogP contribution in [0.1, 0.15) is 36.1 Å². The molecule has 200 valence electrons. The Labute approximate surface area is 231 Å². The number of aromatic amines is 1. The van der Waals surface area contributed by atoms with E-state index in [1.54, 1.807) is 50.2 Å². The fourth-order valence-corrected chi connectivity index (χ4v) is 4.64. The van der Waals surface area contributed by atoms with Crippen molar-refractivity contribution < 1.29 is 33.7 Å². The lowest BCUT2D eigenvalue weighted by Gasteiger charge is -2.28. The van der Waals surface area contributed by atoms with E-state index in [0.717, 1.165) is 8.47 Å². The number of aliphatic hydroxyl groups excluding tert-OH is 2. The quantitative estimate of drug-likeness (QED) is 0.150. The number of aryl methyl sites for hydroxylation is 1. The molecule has 1 saturated heterocycles. The van der Waals surface area contributed by atoms with E-state index in [0.29, 0.717) is 34.5 Å². The highest BCUT2D eigenvalue weighted by molar-refractivity contribution is 14.1. The number of benzene rings is 2. The standard InChI is InChI=1S/C26H26FIN4O6/c1-13-21(19-9-6-16(28)10-20(19)27)30-24(29-13)23(14(2)37-3)32-25(35)22(31-26(32)36)15-4-7-18(8-5-15)38-12-17(34)11-33/h4-11,14,22-23,33-34H,12H2,1-3H3,(H,29,30)(H,31,36)/b17-11-/t14-,22-,23+/m1/s1. The molecule has 2 heterocycles. The van der Waals surface area contributed by atoms with Gasteiger partial charge in [0.2, 0.25) is 0 Å². The second kappa shape index (κ2) is 11.4. The van der Waals surface area contributed by atoms with Crippen molar-refractivity contribution >= 4 is 34.5 Å². The van der Waals surface area contributed by atoms with Crippen LogP contribution in [-0.2, 0) is 9.53 Å². The molecule has 0 saturated carbocycles. The van der Waals surface area contributed by atoms with Gasteiger partial charge in [-0.1, -0.05) is 12.1 Å². The maximum atomic E-state index is 14.7. The Kier molecular flexibility index (Phi) is 8.21. The summed E-state index contributed by atoms with van der Waals surface area (Å²) < 4.78 is 26.3. The van der Waals surface area contributed by atoms with Crippen molar-refractivity contribution in [2.24, 2.45) is 0 Å². The number of carbonyl (C=O) groups is 2. The molecule has 1 aliphatic heterocycles. The summed E-state index contributed by atoms with van der Waals surface area (Å²) in [6.45, 7) is 3.23. The predicted molar refractivity (Wildman–Crippen MR) is 144 cm³/mol. The number of aromatic nitrogens is 2. The van der Waals surface area contributed by atoms with E-state index < -0.39 is 35.9 Å².